The first-order chi connectivity index (χ1) is 10.3. The molecule has 0 spiro atoms. The van der Waals surface area contributed by atoms with Gasteiger partial charge in [0.15, 0.2) is 0 Å². The maximum Gasteiger partial charge on any atom is 0.216 e. The third kappa shape index (κ3) is 2.44. The summed E-state index contributed by atoms with van der Waals surface area (Å²) in [4.78, 5) is 4.34. The van der Waals surface area contributed by atoms with Crippen LogP contribution in [0.3, 0.4) is 0 Å². The average molecular weight is 280 g/mol. The molecule has 0 aliphatic rings. The predicted octanol–water partition coefficient (Wildman–Crippen LogP) is 1.55. The van der Waals surface area contributed by atoms with E-state index in [1.165, 1.54) is 0 Å². The van der Waals surface area contributed by atoms with E-state index in [0.717, 1.165) is 23.3 Å². The molecule has 0 aliphatic carbocycles. The molecular formula is C13H12N8. The fraction of sp³-hybridized carbons (Fsp3) is 0.154. The lowest BCUT2D eigenvalue weighted by Crippen LogP contribution is -1.94. The van der Waals surface area contributed by atoms with Crippen LogP contribution in [0.4, 0.5) is 5.69 Å². The predicted molar refractivity (Wildman–Crippen MR) is 76.8 cm³/mol. The Kier molecular flexibility index (Phi) is 3.31. The summed E-state index contributed by atoms with van der Waals surface area (Å²) in [6.45, 7) is 2.94. The second-order valence-corrected chi connectivity index (χ2v) is 4.28. The molecule has 0 amide bonds. The highest BCUT2D eigenvalue weighted by Gasteiger charge is 2.06. The van der Waals surface area contributed by atoms with Crippen molar-refractivity contribution in [1.82, 2.24) is 30.2 Å². The van der Waals surface area contributed by atoms with Crippen molar-refractivity contribution in [2.45, 2.75) is 13.5 Å². The summed E-state index contributed by atoms with van der Waals surface area (Å²) in [5.74, 6) is 0.251. The van der Waals surface area contributed by atoms with E-state index in [9.17, 15) is 0 Å². The number of rotatable bonds is 4. The molecule has 104 valence electrons. The SMILES string of the molecule is CCn1cnc2cc(NC=C(C#N)c3nn[nH]n3)ccc21. The van der Waals surface area contributed by atoms with Gasteiger partial charge >= 0.3 is 0 Å². The molecule has 0 unspecified atom stereocenters. The fourth-order valence-electron chi connectivity index (χ4n) is 1.98. The number of hydrogen-bond acceptors (Lipinski definition) is 6. The van der Waals surface area contributed by atoms with E-state index in [1.807, 2.05) is 30.6 Å². The monoisotopic (exact) mass is 280 g/mol. The quantitative estimate of drug-likeness (QED) is 0.702. The summed E-state index contributed by atoms with van der Waals surface area (Å²) >= 11 is 0. The molecule has 0 saturated carbocycles. The van der Waals surface area contributed by atoms with Crippen molar-refractivity contribution in [3.63, 3.8) is 0 Å². The van der Waals surface area contributed by atoms with Gasteiger partial charge in [0.25, 0.3) is 0 Å². The highest BCUT2D eigenvalue weighted by Crippen LogP contribution is 2.19. The number of aromatic nitrogens is 6. The van der Waals surface area contributed by atoms with Crippen molar-refractivity contribution in [2.75, 3.05) is 5.32 Å². The third-order valence-electron chi connectivity index (χ3n) is 3.05. The first kappa shape index (κ1) is 12.8. The van der Waals surface area contributed by atoms with Gasteiger partial charge in [0, 0.05) is 18.4 Å². The molecule has 2 N–H and O–H groups in total. The zero-order chi connectivity index (χ0) is 14.7. The second kappa shape index (κ2) is 5.42. The molecule has 2 heterocycles. The maximum absolute atomic E-state index is 9.09. The van der Waals surface area contributed by atoms with Crippen molar-refractivity contribution in [3.05, 3.63) is 36.6 Å². The van der Waals surface area contributed by atoms with E-state index >= 15 is 0 Å². The molecule has 0 aliphatic heterocycles. The number of benzene rings is 1. The van der Waals surface area contributed by atoms with Gasteiger partial charge in [0.2, 0.25) is 5.82 Å². The van der Waals surface area contributed by atoms with E-state index in [4.69, 9.17) is 5.26 Å². The summed E-state index contributed by atoms with van der Waals surface area (Å²) in [5.41, 5.74) is 3.10. The van der Waals surface area contributed by atoms with Gasteiger partial charge in [-0.05, 0) is 30.3 Å². The van der Waals surface area contributed by atoms with Crippen LogP contribution < -0.4 is 5.32 Å². The first-order valence-electron chi connectivity index (χ1n) is 6.37. The molecule has 0 saturated heterocycles. The van der Waals surface area contributed by atoms with Gasteiger partial charge in [-0.3, -0.25) is 0 Å². The van der Waals surface area contributed by atoms with Gasteiger partial charge in [-0.2, -0.15) is 10.5 Å². The molecule has 3 rings (SSSR count). The number of nitriles is 1. The van der Waals surface area contributed by atoms with Gasteiger partial charge in [0.05, 0.1) is 17.4 Å². The third-order valence-corrected chi connectivity index (χ3v) is 3.05. The van der Waals surface area contributed by atoms with E-state index in [2.05, 4.69) is 42.4 Å². The Hall–Kier alpha value is -3.21. The zero-order valence-electron chi connectivity index (χ0n) is 11.3. The van der Waals surface area contributed by atoms with Crippen LogP contribution in [0.2, 0.25) is 0 Å². The van der Waals surface area contributed by atoms with Gasteiger partial charge in [-0.25, -0.2) is 4.98 Å². The molecule has 1 aromatic carbocycles. The zero-order valence-corrected chi connectivity index (χ0v) is 11.3. The minimum absolute atomic E-state index is 0.251. The maximum atomic E-state index is 9.09. The lowest BCUT2D eigenvalue weighted by Gasteiger charge is -2.02. The molecule has 8 heteroatoms. The van der Waals surface area contributed by atoms with Crippen LogP contribution in [0.1, 0.15) is 12.7 Å². The molecule has 21 heavy (non-hydrogen) atoms. The van der Waals surface area contributed by atoms with Crippen LogP contribution in [0, 0.1) is 11.3 Å². The second-order valence-electron chi connectivity index (χ2n) is 4.28. The van der Waals surface area contributed by atoms with Crippen LogP contribution in [-0.4, -0.2) is 30.2 Å². The van der Waals surface area contributed by atoms with Gasteiger partial charge in [-0.15, -0.1) is 10.2 Å². The lowest BCUT2D eigenvalue weighted by atomic mass is 10.2. The molecule has 0 radical (unpaired) electrons. The lowest BCUT2D eigenvalue weighted by molar-refractivity contribution is 0.787. The van der Waals surface area contributed by atoms with Gasteiger partial charge < -0.3 is 9.88 Å². The van der Waals surface area contributed by atoms with Crippen molar-refractivity contribution in [2.24, 2.45) is 0 Å². The minimum atomic E-state index is 0.251. The number of nitrogens with zero attached hydrogens (tertiary/aromatic N) is 6. The van der Waals surface area contributed by atoms with Gasteiger partial charge in [0.1, 0.15) is 11.6 Å². The van der Waals surface area contributed by atoms with E-state index < -0.39 is 0 Å². The smallest absolute Gasteiger partial charge is 0.216 e. The minimum Gasteiger partial charge on any atom is -0.360 e. The Labute approximate surface area is 120 Å². The van der Waals surface area contributed by atoms with Crippen molar-refractivity contribution >= 4 is 22.3 Å². The number of H-pyrrole nitrogens is 1. The van der Waals surface area contributed by atoms with Crippen LogP contribution >= 0.6 is 0 Å². The Bertz CT molecular complexity index is 822. The van der Waals surface area contributed by atoms with Gasteiger partial charge in [-0.1, -0.05) is 0 Å². The highest BCUT2D eigenvalue weighted by atomic mass is 15.5. The van der Waals surface area contributed by atoms with Crippen molar-refractivity contribution in [3.8, 4) is 6.07 Å². The molecule has 0 atom stereocenters. The topological polar surface area (TPSA) is 108 Å². The number of tetrazole rings is 1. The molecule has 8 nitrogen and oxygen atoms in total. The summed E-state index contributed by atoms with van der Waals surface area (Å²) in [7, 11) is 0. The van der Waals surface area contributed by atoms with E-state index in [-0.39, 0.29) is 5.82 Å². The largest absolute Gasteiger partial charge is 0.360 e. The normalized spacial score (nSPS) is 11.5. The van der Waals surface area contributed by atoms with Crippen LogP contribution in [0.25, 0.3) is 16.6 Å². The average Bonchev–Trinajstić information content (AvgIpc) is 3.16. The fourth-order valence-corrected chi connectivity index (χ4v) is 1.98. The highest BCUT2D eigenvalue weighted by molar-refractivity contribution is 5.81. The Morgan fingerprint density at radius 2 is 2.43 bits per heavy atom. The molecule has 3 aromatic rings. The Morgan fingerprint density at radius 1 is 1.52 bits per heavy atom. The molecule has 0 fully saturated rings. The van der Waals surface area contributed by atoms with Crippen LogP contribution in [0.15, 0.2) is 30.7 Å². The molecule has 0 bridgehead atoms. The number of aryl methyl sites for hydroxylation is 1. The van der Waals surface area contributed by atoms with E-state index in [1.54, 1.807) is 6.20 Å². The van der Waals surface area contributed by atoms with Crippen LogP contribution in [-0.2, 0) is 6.54 Å². The number of aromatic amines is 1. The standard InChI is InChI=1S/C13H12N8/c1-2-21-8-16-11-5-10(3-4-12(11)21)15-7-9(6-14)13-17-19-20-18-13/h3-5,7-8,15H,2H2,1H3,(H,17,18,19,20). The number of nitrogens with one attached hydrogen (secondary N) is 2. The molecular weight excluding hydrogens is 268 g/mol. The number of anilines is 1. The number of hydrogen-bond donors (Lipinski definition) is 2. The number of allylic oxidation sites excluding steroid dienone is 1. The first-order valence-corrected chi connectivity index (χ1v) is 6.37. The van der Waals surface area contributed by atoms with E-state index in [0.29, 0.717) is 5.57 Å². The summed E-state index contributed by atoms with van der Waals surface area (Å²) in [5, 5.41) is 25.4. The van der Waals surface area contributed by atoms with Crippen molar-refractivity contribution < 1.29 is 0 Å². The van der Waals surface area contributed by atoms with Crippen LogP contribution in [0.5, 0.6) is 0 Å². The number of imidazole rings is 1. The molecule has 2 aromatic heterocycles. The summed E-state index contributed by atoms with van der Waals surface area (Å²) in [6, 6.07) is 7.86. The summed E-state index contributed by atoms with van der Waals surface area (Å²) < 4.78 is 2.06. The van der Waals surface area contributed by atoms with Crippen molar-refractivity contribution in [1.29, 1.82) is 5.26 Å². The number of fused-ring (bicyclic) bond motifs is 1. The Balaban J connectivity index is 1.86. The summed E-state index contributed by atoms with van der Waals surface area (Å²) in [6.07, 6.45) is 3.35. The Morgan fingerprint density at radius 3 is 3.14 bits per heavy atom.